The molecule has 0 aromatic carbocycles. The van der Waals surface area contributed by atoms with Crippen LogP contribution in [0.2, 0.25) is 0 Å². The van der Waals surface area contributed by atoms with Crippen molar-refractivity contribution in [3.05, 3.63) is 47.2 Å². The normalized spacial score (nSPS) is 17.9. The second kappa shape index (κ2) is 12.3. The third-order valence-corrected chi connectivity index (χ3v) is 6.85. The molecule has 3 aromatic heterocycles. The second-order valence-electron chi connectivity index (χ2n) is 9.81. The lowest BCUT2D eigenvalue weighted by atomic mass is 10.0. The highest BCUT2D eigenvalue weighted by atomic mass is 19.4. The van der Waals surface area contributed by atoms with Gasteiger partial charge in [-0.05, 0) is 70.0 Å². The molecule has 3 aromatic rings. The van der Waals surface area contributed by atoms with E-state index in [9.17, 15) is 18.3 Å². The highest BCUT2D eigenvalue weighted by Gasteiger charge is 2.35. The summed E-state index contributed by atoms with van der Waals surface area (Å²) in [6, 6.07) is 1.01. The van der Waals surface area contributed by atoms with E-state index >= 15 is 0 Å². The lowest BCUT2D eigenvalue weighted by Gasteiger charge is -2.21. The smallest absolute Gasteiger partial charge is 0.391 e. The van der Waals surface area contributed by atoms with Crippen molar-refractivity contribution < 1.29 is 18.3 Å². The largest absolute Gasteiger partial charge is 0.431 e. The van der Waals surface area contributed by atoms with Crippen molar-refractivity contribution >= 4 is 34.8 Å². The zero-order valence-electron chi connectivity index (χ0n) is 22.6. The van der Waals surface area contributed by atoms with Gasteiger partial charge in [-0.1, -0.05) is 19.9 Å². The molecule has 1 aliphatic carbocycles. The van der Waals surface area contributed by atoms with E-state index in [0.717, 1.165) is 42.9 Å². The van der Waals surface area contributed by atoms with Crippen molar-refractivity contribution in [1.82, 2.24) is 25.3 Å². The van der Waals surface area contributed by atoms with Gasteiger partial charge in [-0.2, -0.15) is 13.2 Å². The van der Waals surface area contributed by atoms with E-state index in [1.54, 1.807) is 19.2 Å². The highest BCUT2D eigenvalue weighted by molar-refractivity contribution is 5.95. The van der Waals surface area contributed by atoms with Gasteiger partial charge in [0.25, 0.3) is 0 Å². The number of nitrogens with zero attached hydrogens (tertiary/aromatic N) is 5. The molecule has 1 saturated heterocycles. The molecule has 2 fully saturated rings. The quantitative estimate of drug-likeness (QED) is 0.252. The molecule has 3 N–H and O–H groups in total. The van der Waals surface area contributed by atoms with Gasteiger partial charge in [-0.25, -0.2) is 15.0 Å². The maximum absolute atomic E-state index is 13.3. The Kier molecular flexibility index (Phi) is 9.01. The van der Waals surface area contributed by atoms with Crippen molar-refractivity contribution in [3.8, 4) is 0 Å². The van der Waals surface area contributed by atoms with Crippen molar-refractivity contribution in [2.45, 2.75) is 64.7 Å². The summed E-state index contributed by atoms with van der Waals surface area (Å²) in [5, 5.41) is 14.2. The van der Waals surface area contributed by atoms with E-state index in [1.165, 1.54) is 6.42 Å². The zero-order chi connectivity index (χ0) is 28.2. The van der Waals surface area contributed by atoms with Gasteiger partial charge in [0.15, 0.2) is 5.82 Å². The molecule has 8 nitrogen and oxygen atoms in total. The molecule has 0 bridgehead atoms. The van der Waals surface area contributed by atoms with Crippen molar-refractivity contribution in [3.63, 3.8) is 0 Å². The first-order chi connectivity index (χ1) is 18.7. The fraction of sp³-hybridized carbons (Fsp3) is 0.500. The van der Waals surface area contributed by atoms with Gasteiger partial charge in [0, 0.05) is 35.8 Å². The van der Waals surface area contributed by atoms with Gasteiger partial charge in [-0.15, -0.1) is 0 Å². The Hall–Kier alpha value is -3.31. The minimum Gasteiger partial charge on any atom is -0.391 e. The predicted octanol–water partition coefficient (Wildman–Crippen LogP) is 5.61. The van der Waals surface area contributed by atoms with Gasteiger partial charge < -0.3 is 20.3 Å². The SMILES string of the molecule is C=Nc1[nH]c(C(F)(F)F)cc1/C(=C\C)c1nc(N2CCC(O)C2)c2c(C3CC3)cncc2n1.CCCNCC. The number of rotatable bonds is 8. The highest BCUT2D eigenvalue weighted by Crippen LogP contribution is 2.45. The number of pyridine rings is 1. The Morgan fingerprint density at radius 1 is 1.26 bits per heavy atom. The summed E-state index contributed by atoms with van der Waals surface area (Å²) in [5.41, 5.74) is 1.41. The molecule has 1 aliphatic heterocycles. The van der Waals surface area contributed by atoms with Gasteiger partial charge in [0.1, 0.15) is 17.3 Å². The van der Waals surface area contributed by atoms with Crippen molar-refractivity contribution in [2.24, 2.45) is 4.99 Å². The van der Waals surface area contributed by atoms with Gasteiger partial charge in [0.2, 0.25) is 0 Å². The van der Waals surface area contributed by atoms with Crippen molar-refractivity contribution in [1.29, 1.82) is 0 Å². The third kappa shape index (κ3) is 6.47. The molecule has 0 radical (unpaired) electrons. The van der Waals surface area contributed by atoms with Crippen LogP contribution in [0.5, 0.6) is 0 Å². The number of β-amino-alcohol motifs (C(OH)–C–C–N with tert-alkyl or cyclic N) is 1. The number of aliphatic hydroxyl groups excluding tert-OH is 1. The van der Waals surface area contributed by atoms with E-state index in [4.69, 9.17) is 9.97 Å². The summed E-state index contributed by atoms with van der Waals surface area (Å²) >= 11 is 0. The van der Waals surface area contributed by atoms with E-state index in [-0.39, 0.29) is 17.2 Å². The first kappa shape index (κ1) is 28.7. The van der Waals surface area contributed by atoms with Crippen LogP contribution in [0.15, 0.2) is 29.5 Å². The minimum absolute atomic E-state index is 0.00197. The van der Waals surface area contributed by atoms with Crippen molar-refractivity contribution in [2.75, 3.05) is 31.1 Å². The van der Waals surface area contributed by atoms with E-state index in [0.29, 0.717) is 42.3 Å². The summed E-state index contributed by atoms with van der Waals surface area (Å²) in [5.74, 6) is 1.35. The number of fused-ring (bicyclic) bond motifs is 1. The molecule has 4 heterocycles. The lowest BCUT2D eigenvalue weighted by Crippen LogP contribution is -2.23. The molecule has 0 spiro atoms. The first-order valence-corrected chi connectivity index (χ1v) is 13.4. The summed E-state index contributed by atoms with van der Waals surface area (Å²) in [6.07, 6.45) is 4.16. The zero-order valence-corrected chi connectivity index (χ0v) is 22.6. The van der Waals surface area contributed by atoms with Crippen LogP contribution in [0.3, 0.4) is 0 Å². The summed E-state index contributed by atoms with van der Waals surface area (Å²) < 4.78 is 40.0. The number of aromatic nitrogens is 4. The number of nitrogens with one attached hydrogen (secondary N) is 2. The topological polar surface area (TPSA) is 102 Å². The van der Waals surface area contributed by atoms with Crippen LogP contribution in [-0.4, -0.2) is 64.0 Å². The monoisotopic (exact) mass is 543 g/mol. The predicted molar refractivity (Wildman–Crippen MR) is 149 cm³/mol. The van der Waals surface area contributed by atoms with Crippen LogP contribution in [0, 0.1) is 0 Å². The van der Waals surface area contributed by atoms with Crippen LogP contribution in [0.4, 0.5) is 24.8 Å². The number of halogens is 3. The molecule has 2 aliphatic rings. The number of allylic oxidation sites excluding steroid dienone is 1. The summed E-state index contributed by atoms with van der Waals surface area (Å²) in [7, 11) is 0. The number of aliphatic imine (C=N–C) groups is 1. The molecule has 1 saturated carbocycles. The number of anilines is 1. The number of alkyl halides is 3. The maximum Gasteiger partial charge on any atom is 0.431 e. The Morgan fingerprint density at radius 2 is 2.03 bits per heavy atom. The molecule has 39 heavy (non-hydrogen) atoms. The molecule has 1 atom stereocenters. The average Bonchev–Trinajstić information content (AvgIpc) is 3.52. The van der Waals surface area contributed by atoms with Gasteiger partial charge >= 0.3 is 6.18 Å². The molecule has 210 valence electrons. The number of hydrogen-bond donors (Lipinski definition) is 3. The van der Waals surface area contributed by atoms with Crippen LogP contribution < -0.4 is 10.2 Å². The molecule has 0 amide bonds. The number of aliphatic hydroxyl groups is 1. The third-order valence-electron chi connectivity index (χ3n) is 6.85. The van der Waals surface area contributed by atoms with Gasteiger partial charge in [0.05, 0.1) is 17.8 Å². The summed E-state index contributed by atoms with van der Waals surface area (Å²) in [4.78, 5) is 22.0. The molecule has 11 heteroatoms. The molecule has 1 unspecified atom stereocenters. The van der Waals surface area contributed by atoms with E-state index in [2.05, 4.69) is 40.8 Å². The van der Waals surface area contributed by atoms with Gasteiger partial charge in [-0.3, -0.25) is 4.98 Å². The Labute approximate surface area is 226 Å². The standard InChI is InChI=1S/C23H23F3N6O.C5H13N/c1-3-14(15-8-18(23(24,25)26)30-20(15)27-2)21-29-17-10-28-9-16(12-4-5-12)19(17)22(31-21)32-7-6-13(33)11-32;1-3-5-6-4-2/h3,8-10,12-13,30,33H,2,4-7,11H2,1H3;6H,3-5H2,1-2H3/b14-3+;. The second-order valence-corrected chi connectivity index (χ2v) is 9.81. The first-order valence-electron chi connectivity index (χ1n) is 13.4. The lowest BCUT2D eigenvalue weighted by molar-refractivity contribution is -0.140. The van der Waals surface area contributed by atoms with E-state index < -0.39 is 18.0 Å². The van der Waals surface area contributed by atoms with Crippen LogP contribution >= 0.6 is 0 Å². The number of hydrogen-bond acceptors (Lipinski definition) is 7. The summed E-state index contributed by atoms with van der Waals surface area (Å²) in [6.45, 7) is 12.8. The average molecular weight is 544 g/mol. The number of aromatic amines is 1. The molecular weight excluding hydrogens is 507 g/mol. The maximum atomic E-state index is 13.3. The Balaban J connectivity index is 0.000000531. The molecular formula is C28H36F3N7O. The Bertz CT molecular complexity index is 1330. The minimum atomic E-state index is -4.55. The van der Waals surface area contributed by atoms with Crippen LogP contribution in [-0.2, 0) is 6.18 Å². The molecule has 5 rings (SSSR count). The Morgan fingerprint density at radius 3 is 2.56 bits per heavy atom. The fourth-order valence-electron chi connectivity index (χ4n) is 4.76. The number of H-pyrrole nitrogens is 1. The fourth-order valence-corrected chi connectivity index (χ4v) is 4.76. The van der Waals surface area contributed by atoms with Crippen LogP contribution in [0.25, 0.3) is 16.5 Å². The van der Waals surface area contributed by atoms with E-state index in [1.807, 2.05) is 11.1 Å². The van der Waals surface area contributed by atoms with Crippen LogP contribution in [0.1, 0.15) is 75.0 Å².